The molecule has 0 spiro atoms. The monoisotopic (exact) mass is 288 g/mol. The van der Waals surface area contributed by atoms with Gasteiger partial charge in [0.15, 0.2) is 0 Å². The van der Waals surface area contributed by atoms with E-state index in [1.165, 1.54) is 0 Å². The Hall–Kier alpha value is -0.680. The van der Waals surface area contributed by atoms with Crippen molar-refractivity contribution in [1.82, 2.24) is 5.01 Å². The summed E-state index contributed by atoms with van der Waals surface area (Å²) in [6.45, 7) is 0.164. The zero-order chi connectivity index (χ0) is 11.7. The number of amides is 1. The zero-order valence-electron chi connectivity index (χ0n) is 8.83. The van der Waals surface area contributed by atoms with Crippen molar-refractivity contribution >= 4 is 21.8 Å². The molecule has 0 heterocycles. The molecule has 0 radical (unpaired) electrons. The Morgan fingerprint density at radius 1 is 1.62 bits per heavy atom. The topological polar surface area (TPSA) is 46.3 Å². The van der Waals surface area contributed by atoms with E-state index in [0.717, 1.165) is 17.9 Å². The number of carbonyl (C=O) groups is 1. The van der Waals surface area contributed by atoms with Crippen LogP contribution in [0.3, 0.4) is 0 Å². The highest BCUT2D eigenvalue weighted by atomic mass is 79.9. The van der Waals surface area contributed by atoms with Crippen LogP contribution < -0.4 is 5.84 Å². The van der Waals surface area contributed by atoms with Gasteiger partial charge < -0.3 is 0 Å². The minimum absolute atomic E-state index is 0.0432. The molecule has 88 valence electrons. The van der Waals surface area contributed by atoms with Crippen LogP contribution in [0.15, 0.2) is 23.6 Å². The fourth-order valence-electron chi connectivity index (χ4n) is 1.65. The largest absolute Gasteiger partial charge is 0.276 e. The Morgan fingerprint density at radius 2 is 2.31 bits per heavy atom. The van der Waals surface area contributed by atoms with Gasteiger partial charge in [0.25, 0.3) is 0 Å². The molecule has 0 aromatic heterocycles. The number of nitrogens with two attached hydrogens (primary N) is 1. The van der Waals surface area contributed by atoms with E-state index in [9.17, 15) is 9.18 Å². The van der Waals surface area contributed by atoms with Crippen molar-refractivity contribution in [3.05, 3.63) is 23.6 Å². The van der Waals surface area contributed by atoms with E-state index >= 15 is 0 Å². The summed E-state index contributed by atoms with van der Waals surface area (Å²) in [6.07, 6.45) is 5.71. The van der Waals surface area contributed by atoms with E-state index in [1.54, 1.807) is 6.08 Å². The second-order valence-electron chi connectivity index (χ2n) is 4.25. The first kappa shape index (κ1) is 11.8. The first-order valence-corrected chi connectivity index (χ1v) is 6.25. The predicted octanol–water partition coefficient (Wildman–Crippen LogP) is 2.05. The number of hydrogen-bond donors (Lipinski definition) is 1. The Bertz CT molecular complexity index is 363. The van der Waals surface area contributed by atoms with Gasteiger partial charge in [-0.1, -0.05) is 28.1 Å². The molecule has 1 atom stereocenters. The Balaban J connectivity index is 1.96. The minimum Gasteiger partial charge on any atom is -0.276 e. The standard InChI is InChI=1S/C11H14BrFN2O/c12-9-4-3-8(10(13)5-9)6-15(14)11(16)7-1-2-7/h3-4,7,9H,1-2,5-6,14H2. The molecule has 0 saturated heterocycles. The van der Waals surface area contributed by atoms with Crippen molar-refractivity contribution in [2.24, 2.45) is 11.8 Å². The summed E-state index contributed by atoms with van der Waals surface area (Å²) in [5, 5.41) is 1.13. The lowest BCUT2D eigenvalue weighted by Gasteiger charge is -2.20. The van der Waals surface area contributed by atoms with Crippen molar-refractivity contribution in [3.8, 4) is 0 Å². The van der Waals surface area contributed by atoms with Crippen LogP contribution in [-0.2, 0) is 4.79 Å². The van der Waals surface area contributed by atoms with Crippen LogP contribution in [0.2, 0.25) is 0 Å². The van der Waals surface area contributed by atoms with Crippen LogP contribution in [0.4, 0.5) is 4.39 Å². The van der Waals surface area contributed by atoms with Gasteiger partial charge in [0.2, 0.25) is 5.91 Å². The van der Waals surface area contributed by atoms with Gasteiger partial charge in [-0.25, -0.2) is 10.2 Å². The molecule has 1 fully saturated rings. The SMILES string of the molecule is NN(CC1=C(F)CC(Br)C=C1)C(=O)C1CC1. The lowest BCUT2D eigenvalue weighted by Crippen LogP contribution is -2.40. The van der Waals surface area contributed by atoms with Gasteiger partial charge in [-0.05, 0) is 12.8 Å². The molecule has 1 amide bonds. The number of hydrogen-bond acceptors (Lipinski definition) is 2. The number of alkyl halides is 1. The van der Waals surface area contributed by atoms with Crippen molar-refractivity contribution in [2.75, 3.05) is 6.54 Å². The van der Waals surface area contributed by atoms with E-state index in [0.29, 0.717) is 12.0 Å². The highest BCUT2D eigenvalue weighted by Gasteiger charge is 2.32. The quantitative estimate of drug-likeness (QED) is 0.374. The molecule has 1 unspecified atom stereocenters. The maximum atomic E-state index is 13.5. The molecular weight excluding hydrogens is 275 g/mol. The molecule has 16 heavy (non-hydrogen) atoms. The number of carbonyl (C=O) groups excluding carboxylic acids is 1. The van der Waals surface area contributed by atoms with Crippen LogP contribution >= 0.6 is 15.9 Å². The minimum atomic E-state index is -0.191. The third kappa shape index (κ3) is 2.71. The van der Waals surface area contributed by atoms with E-state index < -0.39 is 0 Å². The van der Waals surface area contributed by atoms with Gasteiger partial charge in [0.05, 0.1) is 6.54 Å². The van der Waals surface area contributed by atoms with E-state index in [2.05, 4.69) is 15.9 Å². The lowest BCUT2D eigenvalue weighted by atomic mass is 10.1. The van der Waals surface area contributed by atoms with Crippen LogP contribution in [0, 0.1) is 5.92 Å². The number of rotatable bonds is 3. The number of halogens is 2. The summed E-state index contributed by atoms with van der Waals surface area (Å²) in [5.41, 5.74) is 0.507. The lowest BCUT2D eigenvalue weighted by molar-refractivity contribution is -0.132. The van der Waals surface area contributed by atoms with Crippen molar-refractivity contribution < 1.29 is 9.18 Å². The molecule has 1 saturated carbocycles. The third-order valence-corrected chi connectivity index (χ3v) is 3.41. The molecular formula is C11H14BrFN2O. The van der Waals surface area contributed by atoms with Crippen molar-refractivity contribution in [3.63, 3.8) is 0 Å². The van der Waals surface area contributed by atoms with Crippen LogP contribution in [0.25, 0.3) is 0 Å². The average Bonchev–Trinajstić information content (AvgIpc) is 3.04. The molecule has 3 nitrogen and oxygen atoms in total. The molecule has 0 aromatic rings. The van der Waals surface area contributed by atoms with Gasteiger partial charge in [-0.2, -0.15) is 0 Å². The Morgan fingerprint density at radius 3 is 2.88 bits per heavy atom. The summed E-state index contributed by atoms with van der Waals surface area (Å²) >= 11 is 3.31. The maximum Gasteiger partial charge on any atom is 0.239 e. The number of nitrogens with zero attached hydrogens (tertiary/aromatic N) is 1. The van der Waals surface area contributed by atoms with Gasteiger partial charge in [-0.15, -0.1) is 0 Å². The number of hydrazine groups is 1. The maximum absolute atomic E-state index is 13.5. The summed E-state index contributed by atoms with van der Waals surface area (Å²) < 4.78 is 13.5. The summed E-state index contributed by atoms with van der Waals surface area (Å²) in [5.74, 6) is 5.43. The first-order valence-electron chi connectivity index (χ1n) is 5.34. The van der Waals surface area contributed by atoms with Crippen molar-refractivity contribution in [1.29, 1.82) is 0 Å². The highest BCUT2D eigenvalue weighted by Crippen LogP contribution is 2.31. The molecule has 2 aliphatic rings. The van der Waals surface area contributed by atoms with Crippen LogP contribution in [-0.4, -0.2) is 22.3 Å². The highest BCUT2D eigenvalue weighted by molar-refractivity contribution is 9.09. The molecule has 5 heteroatoms. The molecule has 2 rings (SSSR count). The average molecular weight is 289 g/mol. The number of allylic oxidation sites excluding steroid dienone is 2. The fourth-order valence-corrected chi connectivity index (χ4v) is 2.08. The second-order valence-corrected chi connectivity index (χ2v) is 5.43. The summed E-state index contributed by atoms with van der Waals surface area (Å²) in [6, 6.07) is 0. The first-order chi connectivity index (χ1) is 7.58. The van der Waals surface area contributed by atoms with E-state index in [1.807, 2.05) is 6.08 Å². The molecule has 2 aliphatic carbocycles. The van der Waals surface area contributed by atoms with Gasteiger partial charge in [0.1, 0.15) is 5.83 Å². The smallest absolute Gasteiger partial charge is 0.239 e. The van der Waals surface area contributed by atoms with Crippen LogP contribution in [0.5, 0.6) is 0 Å². The zero-order valence-corrected chi connectivity index (χ0v) is 10.4. The van der Waals surface area contributed by atoms with Gasteiger partial charge >= 0.3 is 0 Å². The molecule has 0 bridgehead atoms. The summed E-state index contributed by atoms with van der Waals surface area (Å²) in [7, 11) is 0. The van der Waals surface area contributed by atoms with Gasteiger partial charge in [0, 0.05) is 22.7 Å². The fraction of sp³-hybridized carbons (Fsp3) is 0.545. The van der Waals surface area contributed by atoms with E-state index in [4.69, 9.17) is 5.84 Å². The Labute approximate surface area is 102 Å². The van der Waals surface area contributed by atoms with Crippen LogP contribution in [0.1, 0.15) is 19.3 Å². The summed E-state index contributed by atoms with van der Waals surface area (Å²) in [4.78, 5) is 11.6. The predicted molar refractivity (Wildman–Crippen MR) is 63.2 cm³/mol. The molecule has 2 N–H and O–H groups in total. The third-order valence-electron chi connectivity index (χ3n) is 2.78. The van der Waals surface area contributed by atoms with Crippen molar-refractivity contribution in [2.45, 2.75) is 24.1 Å². The molecule has 0 aromatic carbocycles. The Kier molecular flexibility index (Phi) is 3.44. The molecule has 0 aliphatic heterocycles. The van der Waals surface area contributed by atoms with Gasteiger partial charge in [-0.3, -0.25) is 9.80 Å². The normalized spacial score (nSPS) is 24.8. The van der Waals surface area contributed by atoms with E-state index in [-0.39, 0.29) is 29.0 Å². The second kappa shape index (κ2) is 4.67.